The van der Waals surface area contributed by atoms with E-state index in [9.17, 15) is 9.59 Å². The number of ether oxygens (including phenoxy) is 1. The van der Waals surface area contributed by atoms with Crippen molar-refractivity contribution in [2.75, 3.05) is 6.61 Å². The van der Waals surface area contributed by atoms with Gasteiger partial charge in [-0.1, -0.05) is 24.3 Å². The summed E-state index contributed by atoms with van der Waals surface area (Å²) in [6.45, 7) is 2.09. The number of carbonyl (C=O) groups excluding carboxylic acids is 2. The summed E-state index contributed by atoms with van der Waals surface area (Å²) in [5.74, 6) is -0.331. The van der Waals surface area contributed by atoms with Crippen LogP contribution in [0.15, 0.2) is 24.3 Å². The largest absolute Gasteiger partial charge is 0.465 e. The molecule has 82 valence electrons. The van der Waals surface area contributed by atoms with Crippen molar-refractivity contribution < 1.29 is 14.3 Å². The molecular formula is C13H12O3. The van der Waals surface area contributed by atoms with E-state index in [4.69, 9.17) is 4.74 Å². The van der Waals surface area contributed by atoms with E-state index < -0.39 is 5.41 Å². The first-order chi connectivity index (χ1) is 7.71. The maximum Gasteiger partial charge on any atom is 0.320 e. The highest BCUT2D eigenvalue weighted by Gasteiger charge is 2.71. The summed E-state index contributed by atoms with van der Waals surface area (Å²) in [6, 6.07) is 7.47. The van der Waals surface area contributed by atoms with Gasteiger partial charge in [0.05, 0.1) is 6.61 Å². The summed E-state index contributed by atoms with van der Waals surface area (Å²) in [7, 11) is 0. The van der Waals surface area contributed by atoms with Crippen molar-refractivity contribution in [1.29, 1.82) is 0 Å². The summed E-state index contributed by atoms with van der Waals surface area (Å²) in [5.41, 5.74) is 0.854. The van der Waals surface area contributed by atoms with Crippen molar-refractivity contribution in [2.24, 2.45) is 5.41 Å². The van der Waals surface area contributed by atoms with Gasteiger partial charge in [-0.2, -0.15) is 0 Å². The zero-order valence-electron chi connectivity index (χ0n) is 9.03. The molecule has 1 fully saturated rings. The van der Waals surface area contributed by atoms with E-state index in [2.05, 4.69) is 0 Å². The zero-order valence-corrected chi connectivity index (χ0v) is 9.03. The SMILES string of the molecule is CCOC(=O)[C@@]12C[C@@H]1c1ccccc1C2=O. The lowest BCUT2D eigenvalue weighted by Gasteiger charge is -2.09. The number of ketones is 1. The maximum absolute atomic E-state index is 12.2. The monoisotopic (exact) mass is 216 g/mol. The summed E-state index contributed by atoms with van der Waals surface area (Å²) < 4.78 is 5.01. The average Bonchev–Trinajstić information content (AvgIpc) is 3.00. The number of esters is 1. The molecule has 2 aliphatic rings. The Balaban J connectivity index is 2.02. The van der Waals surface area contributed by atoms with Gasteiger partial charge in [0.15, 0.2) is 5.78 Å². The molecule has 0 bridgehead atoms. The Labute approximate surface area is 93.4 Å². The second-order valence-electron chi connectivity index (χ2n) is 4.36. The molecule has 0 N–H and O–H groups in total. The third-order valence-corrected chi connectivity index (χ3v) is 3.59. The second kappa shape index (κ2) is 2.94. The van der Waals surface area contributed by atoms with Crippen molar-refractivity contribution in [2.45, 2.75) is 19.3 Å². The molecule has 0 spiro atoms. The molecule has 1 saturated carbocycles. The van der Waals surface area contributed by atoms with Gasteiger partial charge in [-0.15, -0.1) is 0 Å². The van der Waals surface area contributed by atoms with Gasteiger partial charge in [0.2, 0.25) is 0 Å². The lowest BCUT2D eigenvalue weighted by atomic mass is 9.99. The van der Waals surface area contributed by atoms with Crippen LogP contribution < -0.4 is 0 Å². The van der Waals surface area contributed by atoms with Gasteiger partial charge in [0.1, 0.15) is 5.41 Å². The molecule has 3 nitrogen and oxygen atoms in total. The highest BCUT2D eigenvalue weighted by Crippen LogP contribution is 2.66. The molecule has 3 rings (SSSR count). The number of hydrogen-bond acceptors (Lipinski definition) is 3. The molecule has 0 aromatic heterocycles. The van der Waals surface area contributed by atoms with Crippen LogP contribution in [0.1, 0.15) is 35.2 Å². The third kappa shape index (κ3) is 0.932. The molecule has 0 radical (unpaired) electrons. The van der Waals surface area contributed by atoms with Crippen LogP contribution in [-0.2, 0) is 9.53 Å². The summed E-state index contributed by atoms with van der Waals surface area (Å²) >= 11 is 0. The van der Waals surface area contributed by atoms with Gasteiger partial charge >= 0.3 is 5.97 Å². The third-order valence-electron chi connectivity index (χ3n) is 3.59. The van der Waals surface area contributed by atoms with E-state index >= 15 is 0 Å². The quantitative estimate of drug-likeness (QED) is 0.560. The standard InChI is InChI=1S/C13H12O3/c1-2-16-12(15)13-7-10(13)8-5-3-4-6-9(8)11(13)14/h3-6,10H,2,7H2,1H3/t10-,13+/m1/s1. The molecular weight excluding hydrogens is 204 g/mol. The first kappa shape index (κ1) is 9.58. The smallest absolute Gasteiger partial charge is 0.320 e. The predicted octanol–water partition coefficient (Wildman–Crippen LogP) is 1.92. The average molecular weight is 216 g/mol. The number of carbonyl (C=O) groups is 2. The number of rotatable bonds is 2. The maximum atomic E-state index is 12.2. The van der Waals surface area contributed by atoms with Crippen molar-refractivity contribution in [3.8, 4) is 0 Å². The van der Waals surface area contributed by atoms with Crippen LogP contribution in [0, 0.1) is 5.41 Å². The van der Waals surface area contributed by atoms with Crippen LogP contribution in [0.3, 0.4) is 0 Å². The van der Waals surface area contributed by atoms with Crippen molar-refractivity contribution in [1.82, 2.24) is 0 Å². The van der Waals surface area contributed by atoms with Gasteiger partial charge in [-0.05, 0) is 18.9 Å². The van der Waals surface area contributed by atoms with E-state index in [1.54, 1.807) is 13.0 Å². The van der Waals surface area contributed by atoms with E-state index in [1.165, 1.54) is 0 Å². The predicted molar refractivity (Wildman–Crippen MR) is 57.2 cm³/mol. The fourth-order valence-electron chi connectivity index (χ4n) is 2.72. The van der Waals surface area contributed by atoms with Crippen LogP contribution in [0.4, 0.5) is 0 Å². The molecule has 0 saturated heterocycles. The minimum Gasteiger partial charge on any atom is -0.465 e. The molecule has 1 aromatic rings. The first-order valence-corrected chi connectivity index (χ1v) is 5.52. The molecule has 16 heavy (non-hydrogen) atoms. The second-order valence-corrected chi connectivity index (χ2v) is 4.36. The summed E-state index contributed by atoms with van der Waals surface area (Å²) in [6.07, 6.45) is 0.627. The van der Waals surface area contributed by atoms with Crippen LogP contribution in [0.2, 0.25) is 0 Å². The fraction of sp³-hybridized carbons (Fsp3) is 0.385. The normalized spacial score (nSPS) is 29.6. The highest BCUT2D eigenvalue weighted by molar-refractivity contribution is 6.20. The van der Waals surface area contributed by atoms with Crippen LogP contribution in [-0.4, -0.2) is 18.4 Å². The lowest BCUT2D eigenvalue weighted by molar-refractivity contribution is -0.147. The molecule has 0 amide bonds. The Morgan fingerprint density at radius 1 is 1.50 bits per heavy atom. The number of fused-ring (bicyclic) bond motifs is 3. The number of Topliss-reactive ketones (excluding diaryl/α,β-unsaturated/α-hetero) is 1. The van der Waals surface area contributed by atoms with Crippen molar-refractivity contribution in [3.63, 3.8) is 0 Å². The molecule has 0 heterocycles. The Hall–Kier alpha value is -1.64. The van der Waals surface area contributed by atoms with E-state index in [-0.39, 0.29) is 17.7 Å². The van der Waals surface area contributed by atoms with Gasteiger partial charge < -0.3 is 4.74 Å². The highest BCUT2D eigenvalue weighted by atomic mass is 16.5. The first-order valence-electron chi connectivity index (χ1n) is 5.52. The number of benzene rings is 1. The fourth-order valence-corrected chi connectivity index (χ4v) is 2.72. The van der Waals surface area contributed by atoms with E-state index in [0.29, 0.717) is 18.6 Å². The molecule has 1 aromatic carbocycles. The summed E-state index contributed by atoms with van der Waals surface area (Å²) in [5, 5.41) is 0. The Morgan fingerprint density at radius 2 is 2.25 bits per heavy atom. The van der Waals surface area contributed by atoms with Crippen LogP contribution in [0.25, 0.3) is 0 Å². The minimum atomic E-state index is -0.861. The van der Waals surface area contributed by atoms with E-state index in [0.717, 1.165) is 5.56 Å². The molecule has 2 atom stereocenters. The summed E-state index contributed by atoms with van der Waals surface area (Å²) in [4.78, 5) is 24.0. The van der Waals surface area contributed by atoms with Crippen LogP contribution in [0.5, 0.6) is 0 Å². The van der Waals surface area contributed by atoms with Crippen molar-refractivity contribution in [3.05, 3.63) is 35.4 Å². The van der Waals surface area contributed by atoms with Crippen molar-refractivity contribution >= 4 is 11.8 Å². The Kier molecular flexibility index (Phi) is 1.76. The number of hydrogen-bond donors (Lipinski definition) is 0. The van der Waals surface area contributed by atoms with Crippen LogP contribution >= 0.6 is 0 Å². The molecule has 2 aliphatic carbocycles. The Bertz CT molecular complexity index is 492. The van der Waals surface area contributed by atoms with Gasteiger partial charge in [0.25, 0.3) is 0 Å². The van der Waals surface area contributed by atoms with Gasteiger partial charge in [-0.3, -0.25) is 9.59 Å². The molecule has 0 unspecified atom stereocenters. The van der Waals surface area contributed by atoms with E-state index in [1.807, 2.05) is 18.2 Å². The molecule has 0 aliphatic heterocycles. The topological polar surface area (TPSA) is 43.4 Å². The lowest BCUT2D eigenvalue weighted by Crippen LogP contribution is -2.26. The van der Waals surface area contributed by atoms with Gasteiger partial charge in [-0.25, -0.2) is 0 Å². The molecule has 3 heteroatoms. The van der Waals surface area contributed by atoms with Gasteiger partial charge in [0, 0.05) is 11.5 Å². The Morgan fingerprint density at radius 3 is 2.94 bits per heavy atom. The minimum absolute atomic E-state index is 0.0495. The zero-order chi connectivity index (χ0) is 11.3.